The number of nitrogens with one attached hydrogen (secondary N) is 1. The Bertz CT molecular complexity index is 1910. The van der Waals surface area contributed by atoms with Crippen molar-refractivity contribution in [2.24, 2.45) is 28.1 Å². The second-order valence-electron chi connectivity index (χ2n) is 15.4. The summed E-state index contributed by atoms with van der Waals surface area (Å²) in [7, 11) is 0. The van der Waals surface area contributed by atoms with Crippen molar-refractivity contribution >= 4 is 48.0 Å². The van der Waals surface area contributed by atoms with Crippen LogP contribution in [-0.2, 0) is 43.2 Å². The van der Waals surface area contributed by atoms with Gasteiger partial charge in [-0.1, -0.05) is 36.6 Å². The first kappa shape index (κ1) is 51.2. The van der Waals surface area contributed by atoms with E-state index in [0.29, 0.717) is 136 Å². The van der Waals surface area contributed by atoms with Crippen LogP contribution in [0.3, 0.4) is 0 Å². The van der Waals surface area contributed by atoms with Gasteiger partial charge in [0.2, 0.25) is 29.7 Å². The van der Waals surface area contributed by atoms with Gasteiger partial charge in [0, 0.05) is 77.8 Å². The van der Waals surface area contributed by atoms with Crippen LogP contribution in [0.5, 0.6) is 0 Å². The lowest BCUT2D eigenvalue weighted by Gasteiger charge is -2.38. The van der Waals surface area contributed by atoms with Crippen molar-refractivity contribution in [1.82, 2.24) is 54.7 Å². The number of guanidine groups is 1. The molecule has 5 heterocycles. The Morgan fingerprint density at radius 1 is 0.828 bits per heavy atom. The smallest absolute Gasteiger partial charge is 0.247 e. The van der Waals surface area contributed by atoms with E-state index in [1.54, 1.807) is 9.36 Å². The summed E-state index contributed by atoms with van der Waals surface area (Å²) in [5, 5.41) is 20.4. The van der Waals surface area contributed by atoms with Crippen molar-refractivity contribution < 1.29 is 23.8 Å². The van der Waals surface area contributed by atoms with E-state index in [0.717, 1.165) is 37.1 Å². The van der Waals surface area contributed by atoms with Crippen LogP contribution < -0.4 is 32.3 Å². The number of hydrogen-bond donors (Lipinski definition) is 4. The minimum Gasteiger partial charge on any atom is -0.377 e. The van der Waals surface area contributed by atoms with Gasteiger partial charge in [0.1, 0.15) is 19.2 Å². The van der Waals surface area contributed by atoms with E-state index < -0.39 is 6.04 Å². The quantitative estimate of drug-likeness (QED) is 0.0320. The number of aromatic nitrogens is 9. The molecule has 0 unspecified atom stereocenters. The van der Waals surface area contributed by atoms with E-state index in [1.165, 1.54) is 0 Å². The number of carbonyl (C=O) groups is 2. The number of anilines is 3. The predicted octanol–water partition coefficient (Wildman–Crippen LogP) is -0.656. The predicted molar refractivity (Wildman–Crippen MR) is 244 cm³/mol. The molecule has 0 aliphatic carbocycles. The van der Waals surface area contributed by atoms with Gasteiger partial charge in [-0.2, -0.15) is 15.0 Å². The van der Waals surface area contributed by atoms with E-state index in [-0.39, 0.29) is 49.3 Å². The zero-order chi connectivity index (χ0) is 44.8. The highest BCUT2D eigenvalue weighted by atomic mass is 35.5. The first-order valence-electron chi connectivity index (χ1n) is 22.0. The lowest BCUT2D eigenvalue weighted by atomic mass is 9.97. The third-order valence-electron chi connectivity index (χ3n) is 10.8. The maximum atomic E-state index is 14.2. The van der Waals surface area contributed by atoms with Gasteiger partial charge in [0.05, 0.1) is 44.4 Å². The van der Waals surface area contributed by atoms with Crippen LogP contribution in [0.25, 0.3) is 0 Å². The third kappa shape index (κ3) is 16.3. The number of halogens is 1. The number of carbonyl (C=O) groups excluding carboxylic acids is 2. The number of nitrogens with two attached hydrogens (primary N) is 3. The molecule has 2 aliphatic rings. The molecule has 3 aromatic rings. The molecule has 23 nitrogen and oxygen atoms in total. The topological polar surface area (TPSA) is 277 Å². The molecular weight excluding hydrogens is 848 g/mol. The molecule has 0 bridgehead atoms. The average Bonchev–Trinajstić information content (AvgIpc) is 3.96. The molecule has 2 atom stereocenters. The van der Waals surface area contributed by atoms with Crippen LogP contribution >= 0.6 is 12.4 Å². The van der Waals surface area contributed by atoms with Gasteiger partial charge in [0.15, 0.2) is 5.96 Å². The number of hydrogen-bond acceptors (Lipinski definition) is 17. The summed E-state index contributed by atoms with van der Waals surface area (Å²) in [4.78, 5) is 53.9. The molecule has 5 rings (SSSR count). The minimum atomic E-state index is -0.493. The van der Waals surface area contributed by atoms with E-state index in [4.69, 9.17) is 52.8 Å². The second-order valence-corrected chi connectivity index (χ2v) is 15.4. The Morgan fingerprint density at radius 3 is 2.08 bits per heavy atom. The second kappa shape index (κ2) is 27.7. The van der Waals surface area contributed by atoms with Crippen LogP contribution in [-0.4, -0.2) is 184 Å². The van der Waals surface area contributed by atoms with Crippen molar-refractivity contribution in [3.05, 3.63) is 23.8 Å². The molecule has 24 heteroatoms. The lowest BCUT2D eigenvalue weighted by Crippen LogP contribution is -2.52. The number of aryl methyl sites for hydroxylation is 2. The number of amides is 2. The fourth-order valence-electron chi connectivity index (χ4n) is 7.08. The van der Waals surface area contributed by atoms with E-state index in [1.807, 2.05) is 22.2 Å². The van der Waals surface area contributed by atoms with Crippen LogP contribution in [0.1, 0.15) is 57.0 Å². The lowest BCUT2D eigenvalue weighted by molar-refractivity contribution is -0.137. The number of unbranched alkanes of at least 4 members (excludes halogenated alkanes) is 1. The first-order chi connectivity index (χ1) is 30.7. The molecule has 354 valence electrons. The van der Waals surface area contributed by atoms with Gasteiger partial charge in [-0.15, -0.1) is 29.0 Å². The Morgan fingerprint density at radius 2 is 1.44 bits per heavy atom. The summed E-state index contributed by atoms with van der Waals surface area (Å²) in [6.07, 6.45) is 13.7. The highest BCUT2D eigenvalue weighted by Crippen LogP contribution is 2.25. The molecular formula is C40H67ClN18O5. The largest absolute Gasteiger partial charge is 0.377 e. The summed E-state index contributed by atoms with van der Waals surface area (Å²) in [5.41, 5.74) is 18.2. The zero-order valence-corrected chi connectivity index (χ0v) is 38.1. The van der Waals surface area contributed by atoms with Gasteiger partial charge < -0.3 is 56.3 Å². The van der Waals surface area contributed by atoms with Crippen molar-refractivity contribution in [1.29, 1.82) is 0 Å². The summed E-state index contributed by atoms with van der Waals surface area (Å²) in [6.45, 7) is 12.3. The molecule has 0 radical (unpaired) electrons. The third-order valence-corrected chi connectivity index (χ3v) is 10.8. The Labute approximate surface area is 381 Å². The molecule has 2 saturated heterocycles. The molecule has 0 aromatic carbocycles. The fraction of sp³-hybridized carbons (Fsp3) is 0.700. The molecule has 2 fully saturated rings. The molecule has 0 saturated carbocycles. The number of aliphatic imine (C=N–C) groups is 1. The number of nitrogens with zero attached hydrogens (tertiary/aromatic N) is 14. The standard InChI is InChI=1S/C40H66N18O5.ClH/c1-4-22-61-24-26-63-27-25-62-23-13-45-38-46-39(55-18-14-53(15-19-55)34(59)30-57-28-32(49-51-57)9-6-7-11-41)48-40(47-38)56-20-16-54(17-21-56)36(60)35(31(3)5-2)58-29-33(50-52-58)10-8-12-44-37(42)43;/h1,28-29,31,35H,5-27,30,41H2,2-3H3,(H4,42,43,44)(H,45,46,47,48);1H/t31-,35-;/m0./s1. The maximum Gasteiger partial charge on any atom is 0.247 e. The van der Waals surface area contributed by atoms with Crippen molar-refractivity contribution in [2.45, 2.75) is 65.0 Å². The Hall–Kier alpha value is -5.41. The molecule has 0 spiro atoms. The average molecular weight is 916 g/mol. The monoisotopic (exact) mass is 915 g/mol. The zero-order valence-electron chi connectivity index (χ0n) is 37.3. The molecule has 2 amide bonds. The van der Waals surface area contributed by atoms with Gasteiger partial charge in [-0.05, 0) is 44.6 Å². The Kier molecular flexibility index (Phi) is 22.2. The van der Waals surface area contributed by atoms with E-state index >= 15 is 0 Å². The highest BCUT2D eigenvalue weighted by molar-refractivity contribution is 5.85. The van der Waals surface area contributed by atoms with E-state index in [9.17, 15) is 9.59 Å². The number of ether oxygens (including phenoxy) is 3. The van der Waals surface area contributed by atoms with Crippen LogP contribution in [0.4, 0.5) is 17.8 Å². The number of rotatable bonds is 27. The maximum absolute atomic E-state index is 14.2. The molecule has 64 heavy (non-hydrogen) atoms. The molecule has 3 aromatic heterocycles. The van der Waals surface area contributed by atoms with Gasteiger partial charge in [-0.25, -0.2) is 9.36 Å². The van der Waals surface area contributed by atoms with E-state index in [2.05, 4.69) is 60.5 Å². The minimum absolute atomic E-state index is 0. The normalized spacial score (nSPS) is 15.0. The Balaban J connectivity index is 0.00000898. The highest BCUT2D eigenvalue weighted by Gasteiger charge is 2.34. The van der Waals surface area contributed by atoms with Gasteiger partial charge in [-0.3, -0.25) is 14.6 Å². The fourth-order valence-corrected chi connectivity index (χ4v) is 7.08. The SMILES string of the molecule is C#CCOCCOCCOCCNc1nc(N2CCN(C(=O)Cn3cc(CCCCN)nn3)CC2)nc(N2CCN(C(=O)[C@H]([C@@H](C)CC)n3cc(CCCN=C(N)N)nn3)CC2)n1.Cl. The summed E-state index contributed by atoms with van der Waals surface area (Å²) < 4.78 is 19.8. The van der Waals surface area contributed by atoms with Gasteiger partial charge >= 0.3 is 0 Å². The van der Waals surface area contributed by atoms with Crippen molar-refractivity contribution in [3.8, 4) is 12.3 Å². The number of piperazine rings is 2. The summed E-state index contributed by atoms with van der Waals surface area (Å²) in [6, 6.07) is -0.493. The van der Waals surface area contributed by atoms with Crippen LogP contribution in [0, 0.1) is 18.3 Å². The number of terminal acetylenes is 1. The summed E-state index contributed by atoms with van der Waals surface area (Å²) >= 11 is 0. The van der Waals surface area contributed by atoms with Gasteiger partial charge in [0.25, 0.3) is 0 Å². The van der Waals surface area contributed by atoms with Crippen LogP contribution in [0.2, 0.25) is 0 Å². The van der Waals surface area contributed by atoms with Crippen molar-refractivity contribution in [3.63, 3.8) is 0 Å². The van der Waals surface area contributed by atoms with Crippen molar-refractivity contribution in [2.75, 3.05) is 127 Å². The molecule has 2 aliphatic heterocycles. The first-order valence-corrected chi connectivity index (χ1v) is 22.0. The summed E-state index contributed by atoms with van der Waals surface area (Å²) in [5.74, 6) is 3.90. The van der Waals surface area contributed by atoms with Crippen LogP contribution in [0.15, 0.2) is 17.4 Å². The molecule has 7 N–H and O–H groups in total.